The van der Waals surface area contributed by atoms with Crippen molar-refractivity contribution in [1.29, 1.82) is 0 Å². The van der Waals surface area contributed by atoms with Gasteiger partial charge in [0, 0.05) is 7.11 Å². The summed E-state index contributed by atoms with van der Waals surface area (Å²) in [6, 6.07) is 19.9. The number of para-hydroxylation sites is 1. The van der Waals surface area contributed by atoms with Crippen molar-refractivity contribution in [2.45, 2.75) is 12.5 Å². The van der Waals surface area contributed by atoms with Crippen molar-refractivity contribution in [3.8, 4) is 5.75 Å². The monoisotopic (exact) mass is 242 g/mol. The van der Waals surface area contributed by atoms with Gasteiger partial charge in [0.25, 0.3) is 0 Å². The predicted molar refractivity (Wildman–Crippen MR) is 72.7 cm³/mol. The highest BCUT2D eigenvalue weighted by molar-refractivity contribution is 5.24. The lowest BCUT2D eigenvalue weighted by molar-refractivity contribution is -0.0344. The van der Waals surface area contributed by atoms with Crippen LogP contribution in [0.15, 0.2) is 60.7 Å². The quantitative estimate of drug-likeness (QED) is 0.797. The topological polar surface area (TPSA) is 18.5 Å². The third-order valence-electron chi connectivity index (χ3n) is 3.09. The lowest BCUT2D eigenvalue weighted by Crippen LogP contribution is -2.32. The molecular weight excluding hydrogens is 224 g/mol. The van der Waals surface area contributed by atoms with Gasteiger partial charge in [0.15, 0.2) is 0 Å². The first-order valence-corrected chi connectivity index (χ1v) is 6.03. The highest BCUT2D eigenvalue weighted by Gasteiger charge is 2.27. The van der Waals surface area contributed by atoms with Gasteiger partial charge in [0.1, 0.15) is 18.0 Å². The molecule has 1 unspecified atom stereocenters. The minimum atomic E-state index is -0.433. The normalized spacial score (nSPS) is 13.9. The molecule has 0 aliphatic rings. The molecule has 0 spiro atoms. The summed E-state index contributed by atoms with van der Waals surface area (Å²) in [6.07, 6.45) is 0. The van der Waals surface area contributed by atoms with Crippen molar-refractivity contribution in [2.24, 2.45) is 0 Å². The largest absolute Gasteiger partial charge is 0.490 e. The Morgan fingerprint density at radius 3 is 2.00 bits per heavy atom. The second-order valence-electron chi connectivity index (χ2n) is 4.40. The van der Waals surface area contributed by atoms with Crippen molar-refractivity contribution < 1.29 is 9.47 Å². The van der Waals surface area contributed by atoms with Gasteiger partial charge in [-0.2, -0.15) is 0 Å². The Hall–Kier alpha value is -1.80. The van der Waals surface area contributed by atoms with Crippen LogP contribution in [0.25, 0.3) is 0 Å². The van der Waals surface area contributed by atoms with Gasteiger partial charge in [-0.15, -0.1) is 0 Å². The molecule has 2 heteroatoms. The SMILES string of the molecule is COC(C)(COc1ccccc1)c1ccccc1. The van der Waals surface area contributed by atoms with E-state index in [1.807, 2.05) is 55.5 Å². The Bertz CT molecular complexity index is 467. The average molecular weight is 242 g/mol. The van der Waals surface area contributed by atoms with Crippen LogP contribution in [0.5, 0.6) is 5.75 Å². The first-order valence-electron chi connectivity index (χ1n) is 6.03. The molecule has 0 saturated heterocycles. The zero-order valence-electron chi connectivity index (χ0n) is 10.8. The Labute approximate surface area is 108 Å². The molecule has 2 aromatic rings. The summed E-state index contributed by atoms with van der Waals surface area (Å²) < 4.78 is 11.4. The Morgan fingerprint density at radius 1 is 0.889 bits per heavy atom. The molecule has 0 amide bonds. The predicted octanol–water partition coefficient (Wildman–Crippen LogP) is 3.63. The van der Waals surface area contributed by atoms with Crippen LogP contribution in [0.3, 0.4) is 0 Å². The molecule has 0 aliphatic carbocycles. The Kier molecular flexibility index (Phi) is 4.00. The summed E-state index contributed by atoms with van der Waals surface area (Å²) in [5.41, 5.74) is 0.681. The number of hydrogen-bond acceptors (Lipinski definition) is 2. The van der Waals surface area contributed by atoms with Crippen LogP contribution in [0.1, 0.15) is 12.5 Å². The van der Waals surface area contributed by atoms with Crippen LogP contribution in [-0.2, 0) is 10.3 Å². The van der Waals surface area contributed by atoms with Crippen molar-refractivity contribution in [3.05, 3.63) is 66.2 Å². The van der Waals surface area contributed by atoms with Crippen molar-refractivity contribution >= 4 is 0 Å². The molecule has 0 aromatic heterocycles. The molecule has 2 rings (SSSR count). The fraction of sp³-hybridized carbons (Fsp3) is 0.250. The van der Waals surface area contributed by atoms with E-state index >= 15 is 0 Å². The van der Waals surface area contributed by atoms with Crippen LogP contribution in [0.4, 0.5) is 0 Å². The Balaban J connectivity index is 2.10. The van der Waals surface area contributed by atoms with Gasteiger partial charge in [0.05, 0.1) is 0 Å². The molecule has 0 N–H and O–H groups in total. The zero-order valence-corrected chi connectivity index (χ0v) is 10.8. The van der Waals surface area contributed by atoms with Crippen molar-refractivity contribution in [3.63, 3.8) is 0 Å². The van der Waals surface area contributed by atoms with E-state index in [0.717, 1.165) is 11.3 Å². The lowest BCUT2D eigenvalue weighted by atomic mass is 9.97. The van der Waals surface area contributed by atoms with Gasteiger partial charge in [-0.3, -0.25) is 0 Å². The van der Waals surface area contributed by atoms with E-state index in [2.05, 4.69) is 12.1 Å². The lowest BCUT2D eigenvalue weighted by Gasteiger charge is -2.28. The molecule has 2 nitrogen and oxygen atoms in total. The summed E-state index contributed by atoms with van der Waals surface area (Å²) in [7, 11) is 1.71. The van der Waals surface area contributed by atoms with E-state index in [-0.39, 0.29) is 0 Å². The summed E-state index contributed by atoms with van der Waals surface area (Å²) in [5.74, 6) is 0.858. The third-order valence-corrected chi connectivity index (χ3v) is 3.09. The van der Waals surface area contributed by atoms with Gasteiger partial charge < -0.3 is 9.47 Å². The highest BCUT2D eigenvalue weighted by atomic mass is 16.5. The van der Waals surface area contributed by atoms with Crippen molar-refractivity contribution in [1.82, 2.24) is 0 Å². The Morgan fingerprint density at radius 2 is 1.44 bits per heavy atom. The fourth-order valence-corrected chi connectivity index (χ4v) is 1.79. The van der Waals surface area contributed by atoms with Gasteiger partial charge >= 0.3 is 0 Å². The van der Waals surface area contributed by atoms with E-state index in [1.165, 1.54) is 0 Å². The van der Waals surface area contributed by atoms with E-state index in [1.54, 1.807) is 7.11 Å². The van der Waals surface area contributed by atoms with Gasteiger partial charge in [0.2, 0.25) is 0 Å². The van der Waals surface area contributed by atoms with Crippen LogP contribution in [0.2, 0.25) is 0 Å². The van der Waals surface area contributed by atoms with Crippen LogP contribution >= 0.6 is 0 Å². The maximum Gasteiger partial charge on any atom is 0.124 e. The van der Waals surface area contributed by atoms with Gasteiger partial charge in [-0.1, -0.05) is 48.5 Å². The molecule has 0 radical (unpaired) electrons. The minimum Gasteiger partial charge on any atom is -0.490 e. The van der Waals surface area contributed by atoms with E-state index in [9.17, 15) is 0 Å². The second-order valence-corrected chi connectivity index (χ2v) is 4.40. The van der Waals surface area contributed by atoms with Gasteiger partial charge in [-0.05, 0) is 24.6 Å². The molecule has 1 atom stereocenters. The molecule has 0 saturated carbocycles. The first kappa shape index (κ1) is 12.7. The standard InChI is InChI=1S/C16H18O2/c1-16(17-2,14-9-5-3-6-10-14)13-18-15-11-7-4-8-12-15/h3-12H,13H2,1-2H3. The highest BCUT2D eigenvalue weighted by Crippen LogP contribution is 2.25. The smallest absolute Gasteiger partial charge is 0.124 e. The van der Waals surface area contributed by atoms with Crippen LogP contribution in [-0.4, -0.2) is 13.7 Å². The van der Waals surface area contributed by atoms with E-state index in [0.29, 0.717) is 6.61 Å². The number of benzene rings is 2. The van der Waals surface area contributed by atoms with Crippen molar-refractivity contribution in [2.75, 3.05) is 13.7 Å². The van der Waals surface area contributed by atoms with E-state index in [4.69, 9.17) is 9.47 Å². The summed E-state index contributed by atoms with van der Waals surface area (Å²) in [6.45, 7) is 2.52. The summed E-state index contributed by atoms with van der Waals surface area (Å²) in [4.78, 5) is 0. The maximum atomic E-state index is 5.79. The molecule has 0 fully saturated rings. The fourth-order valence-electron chi connectivity index (χ4n) is 1.79. The average Bonchev–Trinajstić information content (AvgIpc) is 2.47. The molecule has 0 aliphatic heterocycles. The molecule has 0 bridgehead atoms. The molecule has 0 heterocycles. The molecular formula is C16H18O2. The van der Waals surface area contributed by atoms with E-state index < -0.39 is 5.60 Å². The maximum absolute atomic E-state index is 5.79. The summed E-state index contributed by atoms with van der Waals surface area (Å²) >= 11 is 0. The third kappa shape index (κ3) is 2.90. The first-order chi connectivity index (χ1) is 8.74. The molecule has 18 heavy (non-hydrogen) atoms. The number of hydrogen-bond donors (Lipinski definition) is 0. The number of ether oxygens (including phenoxy) is 2. The molecule has 94 valence electrons. The summed E-state index contributed by atoms with van der Waals surface area (Å²) in [5, 5.41) is 0. The molecule has 2 aromatic carbocycles. The van der Waals surface area contributed by atoms with Crippen LogP contribution < -0.4 is 4.74 Å². The van der Waals surface area contributed by atoms with Gasteiger partial charge in [-0.25, -0.2) is 0 Å². The minimum absolute atomic E-state index is 0.433. The number of rotatable bonds is 5. The zero-order chi connectivity index (χ0) is 12.8. The van der Waals surface area contributed by atoms with Crippen LogP contribution in [0, 0.1) is 0 Å². The number of methoxy groups -OCH3 is 1. The second kappa shape index (κ2) is 5.69.